The molecule has 1 atom stereocenters. The maximum Gasteiger partial charge on any atom is 0.136 e. The van der Waals surface area contributed by atoms with Crippen LogP contribution < -0.4 is 0 Å². The molecule has 2 aromatic carbocycles. The van der Waals surface area contributed by atoms with E-state index in [1.54, 1.807) is 6.08 Å². The monoisotopic (exact) mass is 380 g/mol. The molecule has 0 amide bonds. The molecule has 1 unspecified atom stereocenters. The first-order chi connectivity index (χ1) is 13.4. The fourth-order valence-electron chi connectivity index (χ4n) is 3.42. The van der Waals surface area contributed by atoms with Crippen molar-refractivity contribution in [2.75, 3.05) is 0 Å². The van der Waals surface area contributed by atoms with Crippen LogP contribution in [-0.2, 0) is 0 Å². The molecule has 144 valence electrons. The average molecular weight is 380 g/mol. The molecule has 0 nitrogen and oxygen atoms in total. The Kier molecular flexibility index (Phi) is 6.03. The first-order valence-corrected chi connectivity index (χ1v) is 9.34. The van der Waals surface area contributed by atoms with E-state index in [9.17, 15) is 13.2 Å². The van der Waals surface area contributed by atoms with E-state index in [0.29, 0.717) is 5.57 Å². The van der Waals surface area contributed by atoms with Crippen LogP contribution in [0, 0.1) is 17.5 Å². The van der Waals surface area contributed by atoms with E-state index in [4.69, 9.17) is 0 Å². The minimum atomic E-state index is -0.915. The lowest BCUT2D eigenvalue weighted by Gasteiger charge is -2.19. The van der Waals surface area contributed by atoms with Gasteiger partial charge in [-0.3, -0.25) is 0 Å². The summed E-state index contributed by atoms with van der Waals surface area (Å²) in [5.41, 5.74) is 4.79. The molecule has 0 spiro atoms. The standard InChI is InChI=1S/C25H23F3/c1-4-16(2)11-17(3)18-7-5-8-19(12-18)20-9-6-10-21(13-20)25-23(27)14-22(26)15-24(25)28/h4-8,10-15,20H,9H2,1-3H3/b16-4-,17-11+. The van der Waals surface area contributed by atoms with Gasteiger partial charge in [0, 0.05) is 18.1 Å². The number of halogens is 3. The number of hydrogen-bond acceptors (Lipinski definition) is 0. The van der Waals surface area contributed by atoms with Crippen LogP contribution in [0.25, 0.3) is 11.1 Å². The van der Waals surface area contributed by atoms with Crippen LogP contribution in [0.4, 0.5) is 13.2 Å². The van der Waals surface area contributed by atoms with E-state index in [0.717, 1.165) is 35.3 Å². The molecule has 0 fully saturated rings. The SMILES string of the molecule is C/C=C(C)\C=C(/C)c1cccc(C2C=C(c3c(F)cc(F)cc3F)C=CC2)c1. The van der Waals surface area contributed by atoms with Crippen molar-refractivity contribution in [3.05, 3.63) is 106 Å². The molecule has 0 saturated carbocycles. The zero-order valence-corrected chi connectivity index (χ0v) is 16.3. The Morgan fingerprint density at radius 1 is 1.04 bits per heavy atom. The van der Waals surface area contributed by atoms with Crippen molar-refractivity contribution in [2.45, 2.75) is 33.1 Å². The van der Waals surface area contributed by atoms with Gasteiger partial charge in [-0.25, -0.2) is 13.2 Å². The third kappa shape index (κ3) is 4.36. The van der Waals surface area contributed by atoms with E-state index >= 15 is 0 Å². The highest BCUT2D eigenvalue weighted by Gasteiger charge is 2.19. The molecule has 0 N–H and O–H groups in total. The molecule has 1 aliphatic rings. The van der Waals surface area contributed by atoms with Crippen LogP contribution in [0.1, 0.15) is 49.8 Å². The molecular weight excluding hydrogens is 357 g/mol. The summed E-state index contributed by atoms with van der Waals surface area (Å²) in [6.07, 6.45) is 10.4. The summed E-state index contributed by atoms with van der Waals surface area (Å²) in [6, 6.07) is 9.63. The molecule has 0 aromatic heterocycles. The highest BCUT2D eigenvalue weighted by Crippen LogP contribution is 2.34. The van der Waals surface area contributed by atoms with Gasteiger partial charge in [-0.1, -0.05) is 60.2 Å². The number of hydrogen-bond donors (Lipinski definition) is 0. The first-order valence-electron chi connectivity index (χ1n) is 9.34. The first kappa shape index (κ1) is 19.9. The van der Waals surface area contributed by atoms with Crippen molar-refractivity contribution in [1.29, 1.82) is 0 Å². The second kappa shape index (κ2) is 8.47. The topological polar surface area (TPSA) is 0 Å². The third-order valence-corrected chi connectivity index (χ3v) is 5.03. The highest BCUT2D eigenvalue weighted by atomic mass is 19.1. The molecule has 3 rings (SSSR count). The smallest absolute Gasteiger partial charge is 0.136 e. The number of rotatable bonds is 4. The molecule has 0 heterocycles. The van der Waals surface area contributed by atoms with Crippen LogP contribution in [0.5, 0.6) is 0 Å². The normalized spacial score (nSPS) is 17.6. The van der Waals surface area contributed by atoms with Crippen LogP contribution in [0.3, 0.4) is 0 Å². The van der Waals surface area contributed by atoms with E-state index < -0.39 is 17.5 Å². The maximum absolute atomic E-state index is 14.2. The van der Waals surface area contributed by atoms with Gasteiger partial charge in [0.2, 0.25) is 0 Å². The lowest BCUT2D eigenvalue weighted by atomic mass is 9.86. The largest absolute Gasteiger partial charge is 0.207 e. The molecule has 28 heavy (non-hydrogen) atoms. The fourth-order valence-corrected chi connectivity index (χ4v) is 3.42. The van der Waals surface area contributed by atoms with E-state index in [2.05, 4.69) is 38.1 Å². The summed E-state index contributed by atoms with van der Waals surface area (Å²) in [4.78, 5) is 0. The van der Waals surface area contributed by atoms with Crippen LogP contribution in [0.15, 0.2) is 72.4 Å². The lowest BCUT2D eigenvalue weighted by molar-refractivity contribution is 0.539. The summed E-state index contributed by atoms with van der Waals surface area (Å²) in [6.45, 7) is 6.13. The Labute approximate surface area is 164 Å². The minimum Gasteiger partial charge on any atom is -0.207 e. The zero-order chi connectivity index (χ0) is 20.3. The van der Waals surface area contributed by atoms with Gasteiger partial charge in [0.25, 0.3) is 0 Å². The Morgan fingerprint density at radius 3 is 2.43 bits per heavy atom. The maximum atomic E-state index is 14.2. The van der Waals surface area contributed by atoms with Gasteiger partial charge in [0.15, 0.2) is 0 Å². The second-order valence-electron chi connectivity index (χ2n) is 7.10. The number of benzene rings is 2. The van der Waals surface area contributed by atoms with Gasteiger partial charge in [-0.2, -0.15) is 0 Å². The van der Waals surface area contributed by atoms with Crippen molar-refractivity contribution in [1.82, 2.24) is 0 Å². The Hall–Kier alpha value is -2.81. The van der Waals surface area contributed by atoms with Gasteiger partial charge in [0.1, 0.15) is 17.5 Å². The van der Waals surface area contributed by atoms with Gasteiger partial charge in [0.05, 0.1) is 5.56 Å². The predicted octanol–water partition coefficient (Wildman–Crippen LogP) is 7.60. The van der Waals surface area contributed by atoms with Crippen LogP contribution >= 0.6 is 0 Å². The quantitative estimate of drug-likeness (QED) is 0.479. The van der Waals surface area contributed by atoms with Crippen molar-refractivity contribution < 1.29 is 13.2 Å². The van der Waals surface area contributed by atoms with E-state index in [1.807, 2.05) is 31.2 Å². The third-order valence-electron chi connectivity index (χ3n) is 5.03. The summed E-state index contributed by atoms with van der Waals surface area (Å²) in [7, 11) is 0. The molecule has 2 aromatic rings. The highest BCUT2D eigenvalue weighted by molar-refractivity contribution is 5.77. The summed E-state index contributed by atoms with van der Waals surface area (Å²) in [5, 5.41) is 0. The Bertz CT molecular complexity index is 983. The molecule has 0 radical (unpaired) electrons. The molecule has 3 heteroatoms. The van der Waals surface area contributed by atoms with E-state index in [-0.39, 0.29) is 11.5 Å². The Morgan fingerprint density at radius 2 is 1.75 bits per heavy atom. The fraction of sp³-hybridized carbons (Fsp3) is 0.200. The van der Waals surface area contributed by atoms with Gasteiger partial charge in [-0.05, 0) is 49.5 Å². The van der Waals surface area contributed by atoms with Crippen LogP contribution in [-0.4, -0.2) is 0 Å². The van der Waals surface area contributed by atoms with Crippen molar-refractivity contribution in [2.24, 2.45) is 0 Å². The molecule has 0 aliphatic heterocycles. The van der Waals surface area contributed by atoms with Crippen LogP contribution in [0.2, 0.25) is 0 Å². The Balaban J connectivity index is 1.97. The molecule has 0 bridgehead atoms. The summed E-state index contributed by atoms with van der Waals surface area (Å²) < 4.78 is 41.6. The van der Waals surface area contributed by atoms with E-state index in [1.165, 1.54) is 5.57 Å². The summed E-state index contributed by atoms with van der Waals surface area (Å²) >= 11 is 0. The average Bonchev–Trinajstić information content (AvgIpc) is 2.67. The minimum absolute atomic E-state index is 0.000540. The molecular formula is C25H23F3. The molecule has 1 aliphatic carbocycles. The second-order valence-corrected chi connectivity index (χ2v) is 7.10. The van der Waals surface area contributed by atoms with Gasteiger partial charge >= 0.3 is 0 Å². The summed E-state index contributed by atoms with van der Waals surface area (Å²) in [5.74, 6) is -2.69. The molecule has 0 saturated heterocycles. The zero-order valence-electron chi connectivity index (χ0n) is 16.3. The lowest BCUT2D eigenvalue weighted by Crippen LogP contribution is -2.03. The predicted molar refractivity (Wildman–Crippen MR) is 110 cm³/mol. The van der Waals surface area contributed by atoms with Crippen molar-refractivity contribution in [3.63, 3.8) is 0 Å². The van der Waals surface area contributed by atoms with Crippen molar-refractivity contribution >= 4 is 11.1 Å². The van der Waals surface area contributed by atoms with Gasteiger partial charge in [-0.15, -0.1) is 0 Å². The number of allylic oxidation sites excluding steroid dienone is 8. The van der Waals surface area contributed by atoms with Crippen molar-refractivity contribution in [3.8, 4) is 0 Å². The van der Waals surface area contributed by atoms with Gasteiger partial charge < -0.3 is 0 Å².